The van der Waals surface area contributed by atoms with Gasteiger partial charge in [-0.2, -0.15) is 0 Å². The monoisotopic (exact) mass is 457 g/mol. The molecule has 0 spiro atoms. The Labute approximate surface area is 145 Å². The lowest BCUT2D eigenvalue weighted by Crippen LogP contribution is -2.32. The standard InChI is InChI=1S/C16H13BrINO2/c17-14-6-5-12(18)9-13(14)16(20)19-7-8-21-15-4-2-1-3-11(15)10-19/h1-6,9H,7-8,10H2. The van der Waals surface area contributed by atoms with E-state index in [2.05, 4.69) is 38.5 Å². The van der Waals surface area contributed by atoms with Crippen molar-refractivity contribution in [2.75, 3.05) is 13.2 Å². The molecular weight excluding hydrogens is 445 g/mol. The van der Waals surface area contributed by atoms with Crippen LogP contribution in [-0.4, -0.2) is 24.0 Å². The Balaban J connectivity index is 1.90. The molecular formula is C16H13BrINO2. The van der Waals surface area contributed by atoms with Crippen molar-refractivity contribution < 1.29 is 9.53 Å². The van der Waals surface area contributed by atoms with Crippen molar-refractivity contribution in [1.29, 1.82) is 0 Å². The van der Waals surface area contributed by atoms with Crippen LogP contribution in [0.4, 0.5) is 0 Å². The number of amides is 1. The van der Waals surface area contributed by atoms with Crippen LogP contribution >= 0.6 is 38.5 Å². The molecule has 2 aromatic carbocycles. The van der Waals surface area contributed by atoms with Crippen LogP contribution in [0.5, 0.6) is 5.75 Å². The second kappa shape index (κ2) is 6.36. The first kappa shape index (κ1) is 14.8. The van der Waals surface area contributed by atoms with Crippen molar-refractivity contribution in [1.82, 2.24) is 4.90 Å². The number of hydrogen-bond donors (Lipinski definition) is 0. The van der Waals surface area contributed by atoms with Gasteiger partial charge in [0.05, 0.1) is 12.1 Å². The number of nitrogens with zero attached hydrogens (tertiary/aromatic N) is 1. The zero-order valence-corrected chi connectivity index (χ0v) is 14.9. The smallest absolute Gasteiger partial charge is 0.255 e. The number of rotatable bonds is 1. The van der Waals surface area contributed by atoms with Gasteiger partial charge in [-0.3, -0.25) is 4.79 Å². The molecule has 0 N–H and O–H groups in total. The van der Waals surface area contributed by atoms with Crippen LogP contribution in [0.1, 0.15) is 15.9 Å². The summed E-state index contributed by atoms with van der Waals surface area (Å²) in [5.74, 6) is 0.898. The van der Waals surface area contributed by atoms with Gasteiger partial charge in [0.2, 0.25) is 0 Å². The van der Waals surface area contributed by atoms with Crippen LogP contribution in [0.25, 0.3) is 0 Å². The van der Waals surface area contributed by atoms with E-state index in [1.54, 1.807) is 0 Å². The predicted molar refractivity (Wildman–Crippen MR) is 93.5 cm³/mol. The SMILES string of the molecule is O=C(c1cc(I)ccc1Br)N1CCOc2ccccc2C1. The van der Waals surface area contributed by atoms with E-state index in [-0.39, 0.29) is 5.91 Å². The zero-order valence-electron chi connectivity index (χ0n) is 11.2. The molecule has 0 fully saturated rings. The lowest BCUT2D eigenvalue weighted by atomic mass is 10.1. The van der Waals surface area contributed by atoms with E-state index >= 15 is 0 Å². The molecule has 1 heterocycles. The van der Waals surface area contributed by atoms with Crippen molar-refractivity contribution in [2.24, 2.45) is 0 Å². The lowest BCUT2D eigenvalue weighted by Gasteiger charge is -2.20. The van der Waals surface area contributed by atoms with Gasteiger partial charge in [0.25, 0.3) is 5.91 Å². The first-order valence-corrected chi connectivity index (χ1v) is 8.47. The molecule has 0 bridgehead atoms. The molecule has 0 aromatic heterocycles. The van der Waals surface area contributed by atoms with Crippen LogP contribution in [-0.2, 0) is 6.54 Å². The minimum Gasteiger partial charge on any atom is -0.491 e. The molecule has 0 radical (unpaired) electrons. The fraction of sp³-hybridized carbons (Fsp3) is 0.188. The maximum atomic E-state index is 12.8. The van der Waals surface area contributed by atoms with Crippen molar-refractivity contribution >= 4 is 44.4 Å². The summed E-state index contributed by atoms with van der Waals surface area (Å²) in [4.78, 5) is 14.6. The van der Waals surface area contributed by atoms with Gasteiger partial charge in [-0.1, -0.05) is 18.2 Å². The third-order valence-electron chi connectivity index (χ3n) is 3.40. The Kier molecular flexibility index (Phi) is 4.49. The van der Waals surface area contributed by atoms with Gasteiger partial charge in [-0.15, -0.1) is 0 Å². The molecule has 21 heavy (non-hydrogen) atoms. The molecule has 1 aliphatic heterocycles. The Morgan fingerprint density at radius 3 is 2.90 bits per heavy atom. The fourth-order valence-corrected chi connectivity index (χ4v) is 3.24. The van der Waals surface area contributed by atoms with Gasteiger partial charge >= 0.3 is 0 Å². The molecule has 0 atom stereocenters. The first-order chi connectivity index (χ1) is 10.1. The van der Waals surface area contributed by atoms with Gasteiger partial charge in [0.15, 0.2) is 0 Å². The zero-order chi connectivity index (χ0) is 14.8. The minimum absolute atomic E-state index is 0.0284. The molecule has 1 amide bonds. The third kappa shape index (κ3) is 3.23. The van der Waals surface area contributed by atoms with E-state index in [9.17, 15) is 4.79 Å². The van der Waals surface area contributed by atoms with Crippen molar-refractivity contribution in [3.8, 4) is 5.75 Å². The number of para-hydroxylation sites is 1. The van der Waals surface area contributed by atoms with Crippen LogP contribution in [0.3, 0.4) is 0 Å². The van der Waals surface area contributed by atoms with Crippen LogP contribution in [0.2, 0.25) is 0 Å². The van der Waals surface area contributed by atoms with E-state index in [4.69, 9.17) is 4.74 Å². The molecule has 0 aliphatic carbocycles. The van der Waals surface area contributed by atoms with Gasteiger partial charge in [0.1, 0.15) is 12.4 Å². The van der Waals surface area contributed by atoms with Gasteiger partial charge in [0, 0.05) is 20.2 Å². The van der Waals surface area contributed by atoms with Crippen LogP contribution in [0.15, 0.2) is 46.9 Å². The normalized spacial score (nSPS) is 14.1. The second-order valence-corrected chi connectivity index (χ2v) is 6.91. The summed E-state index contributed by atoms with van der Waals surface area (Å²) in [7, 11) is 0. The molecule has 3 nitrogen and oxygen atoms in total. The highest BCUT2D eigenvalue weighted by molar-refractivity contribution is 14.1. The van der Waals surface area contributed by atoms with Crippen molar-refractivity contribution in [3.63, 3.8) is 0 Å². The van der Waals surface area contributed by atoms with E-state index in [0.29, 0.717) is 25.3 Å². The summed E-state index contributed by atoms with van der Waals surface area (Å²) < 4.78 is 7.58. The molecule has 5 heteroatoms. The molecule has 0 saturated carbocycles. The minimum atomic E-state index is 0.0284. The molecule has 1 aliphatic rings. The average Bonchev–Trinajstić information content (AvgIpc) is 2.71. The van der Waals surface area contributed by atoms with Crippen molar-refractivity contribution in [3.05, 3.63) is 61.6 Å². The Hall–Kier alpha value is -1.08. The van der Waals surface area contributed by atoms with Crippen LogP contribution < -0.4 is 4.74 Å². The number of fused-ring (bicyclic) bond motifs is 1. The highest BCUT2D eigenvalue weighted by Crippen LogP contribution is 2.26. The number of ether oxygens (including phenoxy) is 1. The second-order valence-electron chi connectivity index (χ2n) is 4.81. The quantitative estimate of drug-likeness (QED) is 0.603. The summed E-state index contributed by atoms with van der Waals surface area (Å²) in [6.45, 7) is 1.68. The third-order valence-corrected chi connectivity index (χ3v) is 4.76. The number of hydrogen-bond acceptors (Lipinski definition) is 2. The lowest BCUT2D eigenvalue weighted by molar-refractivity contribution is 0.0732. The Morgan fingerprint density at radius 1 is 1.24 bits per heavy atom. The van der Waals surface area contributed by atoms with Crippen LogP contribution in [0, 0.1) is 3.57 Å². The van der Waals surface area contributed by atoms with Crippen molar-refractivity contribution in [2.45, 2.75) is 6.54 Å². The first-order valence-electron chi connectivity index (χ1n) is 6.60. The summed E-state index contributed by atoms with van der Waals surface area (Å²) in [5, 5.41) is 0. The molecule has 0 saturated heterocycles. The number of carbonyl (C=O) groups excluding carboxylic acids is 1. The van der Waals surface area contributed by atoms with Gasteiger partial charge in [-0.05, 0) is 62.8 Å². The van der Waals surface area contributed by atoms with Gasteiger partial charge in [-0.25, -0.2) is 0 Å². The van der Waals surface area contributed by atoms with E-state index < -0.39 is 0 Å². The molecule has 108 valence electrons. The largest absolute Gasteiger partial charge is 0.491 e. The molecule has 3 rings (SSSR count). The number of halogens is 2. The summed E-state index contributed by atoms with van der Waals surface area (Å²) in [5.41, 5.74) is 1.74. The van der Waals surface area contributed by atoms with E-state index in [0.717, 1.165) is 19.4 Å². The summed E-state index contributed by atoms with van der Waals surface area (Å²) >= 11 is 5.68. The number of benzene rings is 2. The topological polar surface area (TPSA) is 29.5 Å². The number of carbonyl (C=O) groups is 1. The molecule has 2 aromatic rings. The maximum absolute atomic E-state index is 12.8. The molecule has 0 unspecified atom stereocenters. The maximum Gasteiger partial charge on any atom is 0.255 e. The Morgan fingerprint density at radius 2 is 2.05 bits per heavy atom. The summed E-state index contributed by atoms with van der Waals surface area (Å²) in [6.07, 6.45) is 0. The van der Waals surface area contributed by atoms with Gasteiger partial charge < -0.3 is 9.64 Å². The fourth-order valence-electron chi connectivity index (χ4n) is 2.33. The average molecular weight is 458 g/mol. The highest BCUT2D eigenvalue weighted by atomic mass is 127. The highest BCUT2D eigenvalue weighted by Gasteiger charge is 2.22. The van der Waals surface area contributed by atoms with E-state index in [1.165, 1.54) is 0 Å². The van der Waals surface area contributed by atoms with E-state index in [1.807, 2.05) is 47.4 Å². The summed E-state index contributed by atoms with van der Waals surface area (Å²) in [6, 6.07) is 13.7. The Bertz CT molecular complexity index is 690. The predicted octanol–water partition coefficient (Wildman–Crippen LogP) is 4.09.